The zero-order chi connectivity index (χ0) is 22.8. The molecule has 1 unspecified atom stereocenters. The molecule has 0 aliphatic carbocycles. The lowest BCUT2D eigenvalue weighted by Crippen LogP contribution is -2.49. The highest BCUT2D eigenvalue weighted by atomic mass is 35.5. The number of ether oxygens (including phenoxy) is 1. The molecule has 6 heteroatoms. The van der Waals surface area contributed by atoms with Crippen LogP contribution in [0.25, 0.3) is 0 Å². The Labute approximate surface area is 190 Å². The van der Waals surface area contributed by atoms with E-state index in [2.05, 4.69) is 26.1 Å². The van der Waals surface area contributed by atoms with Crippen molar-refractivity contribution >= 4 is 23.4 Å². The number of carbonyl (C=O) groups excluding carboxylic acids is 2. The van der Waals surface area contributed by atoms with Crippen molar-refractivity contribution in [3.8, 4) is 5.75 Å². The molecule has 168 valence electrons. The fraction of sp³-hybridized carbons (Fsp3) is 0.440. The molecule has 2 aromatic rings. The first kappa shape index (κ1) is 24.7. The molecule has 0 spiro atoms. The molecule has 0 saturated carbocycles. The van der Waals surface area contributed by atoms with Gasteiger partial charge in [0.2, 0.25) is 5.91 Å². The van der Waals surface area contributed by atoms with Gasteiger partial charge >= 0.3 is 0 Å². The van der Waals surface area contributed by atoms with Crippen molar-refractivity contribution in [2.75, 3.05) is 13.2 Å². The van der Waals surface area contributed by atoms with E-state index < -0.39 is 6.04 Å². The van der Waals surface area contributed by atoms with E-state index in [9.17, 15) is 9.59 Å². The Hall–Kier alpha value is -2.53. The monoisotopic (exact) mass is 444 g/mol. The number of hydrogen-bond acceptors (Lipinski definition) is 3. The summed E-state index contributed by atoms with van der Waals surface area (Å²) in [6, 6.07) is 14.4. The second-order valence-electron chi connectivity index (χ2n) is 7.95. The van der Waals surface area contributed by atoms with Gasteiger partial charge in [-0.25, -0.2) is 0 Å². The molecule has 0 saturated heterocycles. The molecule has 2 aromatic carbocycles. The Morgan fingerprint density at radius 1 is 1.10 bits per heavy atom. The zero-order valence-electron chi connectivity index (χ0n) is 18.9. The van der Waals surface area contributed by atoms with Crippen molar-refractivity contribution in [1.29, 1.82) is 0 Å². The first-order valence-electron chi connectivity index (χ1n) is 10.9. The summed E-state index contributed by atoms with van der Waals surface area (Å²) in [4.78, 5) is 27.4. The first-order valence-corrected chi connectivity index (χ1v) is 11.2. The molecule has 31 heavy (non-hydrogen) atoms. The Bertz CT molecular complexity index is 869. The SMILES string of the molecule is CCCCNC(=O)C(C)N(Cc1cccc(Cl)c1)C(=O)COc1ccccc1C(C)C. The topological polar surface area (TPSA) is 58.6 Å². The van der Waals surface area contributed by atoms with E-state index >= 15 is 0 Å². The van der Waals surface area contributed by atoms with E-state index in [0.29, 0.717) is 17.3 Å². The standard InChI is InChI=1S/C25H33ClN2O3/c1-5-6-14-27-25(30)19(4)28(16-20-10-9-11-21(26)15-20)24(29)17-31-23-13-8-7-12-22(23)18(2)3/h7-13,15,18-19H,5-6,14,16-17H2,1-4H3,(H,27,30). The lowest BCUT2D eigenvalue weighted by atomic mass is 10.0. The van der Waals surface area contributed by atoms with Crippen LogP contribution in [0.3, 0.4) is 0 Å². The molecule has 1 N–H and O–H groups in total. The molecule has 0 radical (unpaired) electrons. The van der Waals surface area contributed by atoms with Gasteiger partial charge in [0.15, 0.2) is 6.61 Å². The van der Waals surface area contributed by atoms with Crippen molar-refractivity contribution in [3.05, 3.63) is 64.7 Å². The quantitative estimate of drug-likeness (QED) is 0.486. The Morgan fingerprint density at radius 3 is 2.52 bits per heavy atom. The molecule has 0 aliphatic rings. The van der Waals surface area contributed by atoms with Gasteiger partial charge in [-0.15, -0.1) is 0 Å². The number of benzene rings is 2. The Balaban J connectivity index is 2.16. The number of para-hydroxylation sites is 1. The van der Waals surface area contributed by atoms with Crippen LogP contribution in [0.2, 0.25) is 5.02 Å². The minimum atomic E-state index is -0.632. The van der Waals surface area contributed by atoms with Gasteiger partial charge < -0.3 is 15.0 Å². The summed E-state index contributed by atoms with van der Waals surface area (Å²) in [6.45, 7) is 8.70. The second kappa shape index (κ2) is 12.4. The van der Waals surface area contributed by atoms with Crippen LogP contribution < -0.4 is 10.1 Å². The lowest BCUT2D eigenvalue weighted by Gasteiger charge is -2.29. The van der Waals surface area contributed by atoms with E-state index in [4.69, 9.17) is 16.3 Å². The molecule has 5 nitrogen and oxygen atoms in total. The van der Waals surface area contributed by atoms with Gasteiger partial charge in [0.1, 0.15) is 11.8 Å². The predicted octanol–water partition coefficient (Wildman–Crippen LogP) is 5.18. The summed E-state index contributed by atoms with van der Waals surface area (Å²) < 4.78 is 5.88. The summed E-state index contributed by atoms with van der Waals surface area (Å²) >= 11 is 6.12. The molecule has 0 aromatic heterocycles. The van der Waals surface area contributed by atoms with E-state index in [-0.39, 0.29) is 30.9 Å². The molecule has 1 atom stereocenters. The van der Waals surface area contributed by atoms with Crippen molar-refractivity contribution in [2.24, 2.45) is 0 Å². The smallest absolute Gasteiger partial charge is 0.261 e. The maximum atomic E-state index is 13.2. The average Bonchev–Trinajstić information content (AvgIpc) is 2.75. The molecule has 0 aliphatic heterocycles. The van der Waals surface area contributed by atoms with Gasteiger partial charge in [-0.2, -0.15) is 0 Å². The van der Waals surface area contributed by atoms with Crippen molar-refractivity contribution in [2.45, 2.75) is 59.0 Å². The molecule has 0 fully saturated rings. The van der Waals surface area contributed by atoms with Gasteiger partial charge in [-0.1, -0.05) is 69.1 Å². The highest BCUT2D eigenvalue weighted by Crippen LogP contribution is 2.26. The minimum absolute atomic E-state index is 0.142. The van der Waals surface area contributed by atoms with Crippen molar-refractivity contribution in [1.82, 2.24) is 10.2 Å². The highest BCUT2D eigenvalue weighted by Gasteiger charge is 2.26. The molecule has 2 rings (SSSR count). The van der Waals surface area contributed by atoms with Gasteiger partial charge in [0, 0.05) is 18.1 Å². The van der Waals surface area contributed by atoms with Crippen LogP contribution in [-0.4, -0.2) is 35.9 Å². The molecular weight excluding hydrogens is 412 g/mol. The van der Waals surface area contributed by atoms with Crippen LogP contribution in [0.4, 0.5) is 0 Å². The number of nitrogens with one attached hydrogen (secondary N) is 1. The third kappa shape index (κ3) is 7.59. The Kier molecular flexibility index (Phi) is 9.86. The van der Waals surface area contributed by atoms with Gasteiger partial charge in [0.05, 0.1) is 0 Å². The van der Waals surface area contributed by atoms with E-state index in [1.807, 2.05) is 36.4 Å². The number of unbranched alkanes of at least 4 members (excludes halogenated alkanes) is 1. The number of halogens is 1. The summed E-state index contributed by atoms with van der Waals surface area (Å²) in [7, 11) is 0. The third-order valence-corrected chi connectivity index (χ3v) is 5.37. The average molecular weight is 445 g/mol. The fourth-order valence-corrected chi connectivity index (χ4v) is 3.47. The first-order chi connectivity index (χ1) is 14.8. The summed E-state index contributed by atoms with van der Waals surface area (Å²) in [5, 5.41) is 3.50. The van der Waals surface area contributed by atoms with E-state index in [1.165, 1.54) is 0 Å². The highest BCUT2D eigenvalue weighted by molar-refractivity contribution is 6.30. The number of carbonyl (C=O) groups is 2. The maximum absolute atomic E-state index is 13.2. The largest absolute Gasteiger partial charge is 0.483 e. The van der Waals surface area contributed by atoms with Crippen LogP contribution in [0, 0.1) is 0 Å². The van der Waals surface area contributed by atoms with Crippen molar-refractivity contribution in [3.63, 3.8) is 0 Å². The van der Waals surface area contributed by atoms with Crippen LogP contribution in [-0.2, 0) is 16.1 Å². The van der Waals surface area contributed by atoms with Gasteiger partial charge in [0.25, 0.3) is 5.91 Å². The fourth-order valence-electron chi connectivity index (χ4n) is 3.26. The summed E-state index contributed by atoms with van der Waals surface area (Å²) in [5.74, 6) is 0.536. The van der Waals surface area contributed by atoms with Gasteiger partial charge in [-0.05, 0) is 48.6 Å². The third-order valence-electron chi connectivity index (χ3n) is 5.13. The summed E-state index contributed by atoms with van der Waals surface area (Å²) in [6.07, 6.45) is 1.89. The van der Waals surface area contributed by atoms with Crippen LogP contribution in [0.15, 0.2) is 48.5 Å². The van der Waals surface area contributed by atoms with Crippen molar-refractivity contribution < 1.29 is 14.3 Å². The maximum Gasteiger partial charge on any atom is 0.261 e. The second-order valence-corrected chi connectivity index (χ2v) is 8.39. The predicted molar refractivity (Wildman–Crippen MR) is 125 cm³/mol. The van der Waals surface area contributed by atoms with Gasteiger partial charge in [-0.3, -0.25) is 9.59 Å². The molecule has 0 heterocycles. The minimum Gasteiger partial charge on any atom is -0.483 e. The lowest BCUT2D eigenvalue weighted by molar-refractivity contribution is -0.142. The molecular formula is C25H33ClN2O3. The Morgan fingerprint density at radius 2 is 1.84 bits per heavy atom. The van der Waals surface area contributed by atoms with Crippen LogP contribution in [0.1, 0.15) is 57.6 Å². The molecule has 2 amide bonds. The van der Waals surface area contributed by atoms with E-state index in [0.717, 1.165) is 24.0 Å². The normalized spacial score (nSPS) is 11.8. The number of rotatable bonds is 11. The number of nitrogens with zero attached hydrogens (tertiary/aromatic N) is 1. The zero-order valence-corrected chi connectivity index (χ0v) is 19.6. The molecule has 0 bridgehead atoms. The number of hydrogen-bond donors (Lipinski definition) is 1. The van der Waals surface area contributed by atoms with E-state index in [1.54, 1.807) is 24.0 Å². The number of amides is 2. The summed E-state index contributed by atoms with van der Waals surface area (Å²) in [5.41, 5.74) is 1.90. The van der Waals surface area contributed by atoms with Crippen LogP contribution >= 0.6 is 11.6 Å². The van der Waals surface area contributed by atoms with Crippen LogP contribution in [0.5, 0.6) is 5.75 Å².